The molecule has 35 heavy (non-hydrogen) atoms. The first-order valence-corrected chi connectivity index (χ1v) is 10.8. The lowest BCUT2D eigenvalue weighted by atomic mass is 9.96. The maximum absolute atomic E-state index is 14.3. The summed E-state index contributed by atoms with van der Waals surface area (Å²) in [6, 6.07) is 12.3. The van der Waals surface area contributed by atoms with Gasteiger partial charge in [0.1, 0.15) is 0 Å². The van der Waals surface area contributed by atoms with Gasteiger partial charge >= 0.3 is 18.2 Å². The third kappa shape index (κ3) is 6.04. The zero-order valence-electron chi connectivity index (χ0n) is 18.0. The van der Waals surface area contributed by atoms with Crippen molar-refractivity contribution >= 4 is 40.9 Å². The van der Waals surface area contributed by atoms with Crippen LogP contribution < -0.4 is 10.6 Å². The number of carboxylic acid groups (broad SMARTS) is 1. The highest BCUT2D eigenvalue weighted by Gasteiger charge is 2.35. The monoisotopic (exact) mass is 528 g/mol. The molecule has 3 rings (SSSR count). The quantitative estimate of drug-likeness (QED) is 0.294. The molecular formula is C24H18Cl2F4N2O3. The molecule has 3 N–H and O–H groups in total. The Labute approximate surface area is 207 Å². The van der Waals surface area contributed by atoms with Crippen molar-refractivity contribution in [3.8, 4) is 11.1 Å². The fourth-order valence-electron chi connectivity index (χ4n) is 3.31. The average molecular weight is 529 g/mol. The highest BCUT2D eigenvalue weighted by atomic mass is 35.5. The number of rotatable bonds is 6. The zero-order chi connectivity index (χ0) is 26.0. The van der Waals surface area contributed by atoms with E-state index in [2.05, 4.69) is 10.6 Å². The molecule has 0 heterocycles. The van der Waals surface area contributed by atoms with Crippen molar-refractivity contribution in [1.82, 2.24) is 5.32 Å². The van der Waals surface area contributed by atoms with E-state index >= 15 is 0 Å². The van der Waals surface area contributed by atoms with Crippen molar-refractivity contribution in [3.63, 3.8) is 0 Å². The predicted octanol–water partition coefficient (Wildman–Crippen LogP) is 7.27. The minimum Gasteiger partial charge on any atom is -0.479 e. The lowest BCUT2D eigenvalue weighted by molar-refractivity contribution is -0.150. The molecule has 0 spiro atoms. The molecule has 0 radical (unpaired) electrons. The molecule has 0 fully saturated rings. The van der Waals surface area contributed by atoms with Crippen LogP contribution >= 0.6 is 23.2 Å². The molecule has 0 aromatic heterocycles. The number of halogens is 6. The number of aliphatic carboxylic acids is 1. The number of amides is 2. The molecule has 1 atom stereocenters. The Balaban J connectivity index is 1.75. The minimum atomic E-state index is -4.62. The molecule has 1 unspecified atom stereocenters. The van der Waals surface area contributed by atoms with E-state index in [4.69, 9.17) is 28.3 Å². The lowest BCUT2D eigenvalue weighted by Crippen LogP contribution is -2.29. The molecule has 3 aromatic rings. The van der Waals surface area contributed by atoms with Crippen LogP contribution in [0.5, 0.6) is 0 Å². The summed E-state index contributed by atoms with van der Waals surface area (Å²) in [5, 5.41) is 13.8. The molecule has 0 aliphatic carbocycles. The molecule has 184 valence electrons. The van der Waals surface area contributed by atoms with Crippen LogP contribution in [-0.4, -0.2) is 17.1 Å². The van der Waals surface area contributed by atoms with E-state index < -0.39 is 29.4 Å². The Morgan fingerprint density at radius 1 is 0.943 bits per heavy atom. The molecule has 0 aliphatic heterocycles. The third-order valence-corrected chi connectivity index (χ3v) is 5.72. The van der Waals surface area contributed by atoms with Crippen LogP contribution in [0.4, 0.5) is 28.0 Å². The molecular weight excluding hydrogens is 511 g/mol. The Morgan fingerprint density at radius 2 is 1.57 bits per heavy atom. The van der Waals surface area contributed by atoms with Gasteiger partial charge in [-0.05, 0) is 36.2 Å². The molecule has 0 aliphatic rings. The predicted molar refractivity (Wildman–Crippen MR) is 125 cm³/mol. The van der Waals surface area contributed by atoms with E-state index in [1.54, 1.807) is 6.07 Å². The summed E-state index contributed by atoms with van der Waals surface area (Å²) >= 11 is 12.5. The van der Waals surface area contributed by atoms with Crippen LogP contribution in [0.25, 0.3) is 11.1 Å². The number of benzene rings is 3. The van der Waals surface area contributed by atoms with E-state index in [0.717, 1.165) is 13.0 Å². The highest BCUT2D eigenvalue weighted by Crippen LogP contribution is 2.43. The summed E-state index contributed by atoms with van der Waals surface area (Å²) < 4.78 is 54.6. The van der Waals surface area contributed by atoms with Gasteiger partial charge in [-0.3, -0.25) is 0 Å². The molecule has 0 saturated heterocycles. The number of carbonyl (C=O) groups is 2. The van der Waals surface area contributed by atoms with Gasteiger partial charge in [-0.25, -0.2) is 14.0 Å². The summed E-state index contributed by atoms with van der Waals surface area (Å²) in [5.41, 5.74) is -3.25. The van der Waals surface area contributed by atoms with Crippen molar-refractivity contribution in [3.05, 3.63) is 87.4 Å². The van der Waals surface area contributed by atoms with Crippen molar-refractivity contribution in [2.45, 2.75) is 25.3 Å². The van der Waals surface area contributed by atoms with Crippen LogP contribution in [0.3, 0.4) is 0 Å². The molecule has 3 aromatic carbocycles. The summed E-state index contributed by atoms with van der Waals surface area (Å²) in [5.74, 6) is -1.64. The van der Waals surface area contributed by atoms with Gasteiger partial charge in [0.25, 0.3) is 0 Å². The summed E-state index contributed by atoms with van der Waals surface area (Å²) in [4.78, 5) is 23.4. The second kappa shape index (κ2) is 10.1. The number of urea groups is 1. The fourth-order valence-corrected chi connectivity index (χ4v) is 4.00. The van der Waals surface area contributed by atoms with Crippen LogP contribution in [0.2, 0.25) is 10.0 Å². The number of carboxylic acids is 1. The topological polar surface area (TPSA) is 78.4 Å². The number of anilines is 1. The van der Waals surface area contributed by atoms with E-state index in [0.29, 0.717) is 5.56 Å². The first kappa shape index (κ1) is 26.3. The highest BCUT2D eigenvalue weighted by molar-refractivity contribution is 6.39. The van der Waals surface area contributed by atoms with Crippen molar-refractivity contribution in [2.24, 2.45) is 0 Å². The first-order valence-electron chi connectivity index (χ1n) is 10.0. The maximum Gasteiger partial charge on any atom is 0.417 e. The lowest BCUT2D eigenvalue weighted by Gasteiger charge is -2.17. The number of carbonyl (C=O) groups excluding carboxylic acids is 1. The summed E-state index contributed by atoms with van der Waals surface area (Å²) in [6.45, 7) is 0.854. The SMILES string of the molecule is CC(F)(C(=O)O)c1cccc(CNC(=O)Nc2cc(Cl)c(-c3ccccc3C(F)(F)F)c(Cl)c2)c1. The van der Waals surface area contributed by atoms with Gasteiger partial charge in [0.05, 0.1) is 15.6 Å². The molecule has 0 bridgehead atoms. The second-order valence-corrected chi connectivity index (χ2v) is 8.49. The van der Waals surface area contributed by atoms with Gasteiger partial charge < -0.3 is 15.7 Å². The Hall–Kier alpha value is -3.30. The Bertz CT molecular complexity index is 1260. The standard InChI is InChI=1S/C24H18Cl2F4N2O3/c1-23(27,21(33)34)14-6-4-5-13(9-14)12-31-22(35)32-15-10-18(25)20(19(26)11-15)16-7-2-3-8-17(16)24(28,29)30/h2-11H,12H2,1H3,(H,33,34)(H2,31,32,35). The molecule has 11 heteroatoms. The van der Waals surface area contributed by atoms with Crippen LogP contribution in [0, 0.1) is 0 Å². The number of nitrogens with one attached hydrogen (secondary N) is 2. The third-order valence-electron chi connectivity index (χ3n) is 5.13. The van der Waals surface area contributed by atoms with E-state index in [-0.39, 0.29) is 39.0 Å². The summed E-state index contributed by atoms with van der Waals surface area (Å²) in [7, 11) is 0. The van der Waals surface area contributed by atoms with Gasteiger partial charge in [-0.2, -0.15) is 13.2 Å². The minimum absolute atomic E-state index is 0.0308. The van der Waals surface area contributed by atoms with Crippen LogP contribution in [0.1, 0.15) is 23.6 Å². The summed E-state index contributed by atoms with van der Waals surface area (Å²) in [6.07, 6.45) is -4.62. The van der Waals surface area contributed by atoms with Gasteiger partial charge in [-0.1, -0.05) is 65.7 Å². The van der Waals surface area contributed by atoms with Gasteiger partial charge in [0.15, 0.2) is 0 Å². The van der Waals surface area contributed by atoms with Gasteiger partial charge in [-0.15, -0.1) is 0 Å². The largest absolute Gasteiger partial charge is 0.479 e. The Morgan fingerprint density at radius 3 is 2.17 bits per heavy atom. The number of hydrogen-bond donors (Lipinski definition) is 3. The van der Waals surface area contributed by atoms with Crippen molar-refractivity contribution in [1.29, 1.82) is 0 Å². The van der Waals surface area contributed by atoms with Gasteiger partial charge in [0.2, 0.25) is 5.67 Å². The number of alkyl halides is 4. The molecule has 5 nitrogen and oxygen atoms in total. The van der Waals surface area contributed by atoms with E-state index in [1.807, 2.05) is 0 Å². The van der Waals surface area contributed by atoms with Crippen molar-refractivity contribution < 1.29 is 32.3 Å². The number of hydrogen-bond acceptors (Lipinski definition) is 2. The van der Waals surface area contributed by atoms with Gasteiger partial charge in [0, 0.05) is 23.4 Å². The maximum atomic E-state index is 14.3. The van der Waals surface area contributed by atoms with Crippen LogP contribution in [-0.2, 0) is 23.2 Å². The van der Waals surface area contributed by atoms with E-state index in [9.17, 15) is 27.2 Å². The van der Waals surface area contributed by atoms with E-state index in [1.165, 1.54) is 48.5 Å². The zero-order valence-corrected chi connectivity index (χ0v) is 19.5. The molecule has 0 saturated carbocycles. The van der Waals surface area contributed by atoms with Crippen molar-refractivity contribution in [2.75, 3.05) is 5.32 Å². The smallest absolute Gasteiger partial charge is 0.417 e. The first-order chi connectivity index (χ1) is 16.3. The normalized spacial score (nSPS) is 13.1. The fraction of sp³-hybridized carbons (Fsp3) is 0.167. The van der Waals surface area contributed by atoms with Crippen LogP contribution in [0.15, 0.2) is 60.7 Å². The Kier molecular flexibility index (Phi) is 7.62. The second-order valence-electron chi connectivity index (χ2n) is 7.67. The average Bonchev–Trinajstić information content (AvgIpc) is 2.77. The molecule has 2 amide bonds.